The molecule has 20 heavy (non-hydrogen) atoms. The highest BCUT2D eigenvalue weighted by Gasteiger charge is 2.32. The molecule has 3 heterocycles. The van der Waals surface area contributed by atoms with Crippen LogP contribution in [0.5, 0.6) is 0 Å². The van der Waals surface area contributed by atoms with Crippen LogP contribution in [0.3, 0.4) is 0 Å². The Morgan fingerprint density at radius 1 is 1.55 bits per heavy atom. The van der Waals surface area contributed by atoms with E-state index in [9.17, 15) is 0 Å². The van der Waals surface area contributed by atoms with Crippen molar-refractivity contribution in [3.8, 4) is 0 Å². The third-order valence-corrected chi connectivity index (χ3v) is 3.92. The van der Waals surface area contributed by atoms with E-state index in [0.717, 1.165) is 37.6 Å². The lowest BCUT2D eigenvalue weighted by Crippen LogP contribution is -2.32. The Kier molecular flexibility index (Phi) is 3.84. The first kappa shape index (κ1) is 13.3. The molecular formula is C14H21N5O. The first-order valence-electron chi connectivity index (χ1n) is 7.14. The molecular weight excluding hydrogens is 254 g/mol. The summed E-state index contributed by atoms with van der Waals surface area (Å²) in [5.74, 6) is 1.02. The van der Waals surface area contributed by atoms with Gasteiger partial charge in [-0.15, -0.1) is 0 Å². The Morgan fingerprint density at radius 2 is 2.45 bits per heavy atom. The largest absolute Gasteiger partial charge is 0.369 e. The smallest absolute Gasteiger partial charge is 0.139 e. The van der Waals surface area contributed by atoms with Crippen molar-refractivity contribution in [2.45, 2.75) is 45.5 Å². The molecule has 0 aromatic carbocycles. The van der Waals surface area contributed by atoms with Gasteiger partial charge in [0.1, 0.15) is 11.9 Å². The van der Waals surface area contributed by atoms with Crippen LogP contribution in [0.4, 0.5) is 0 Å². The third kappa shape index (κ3) is 2.48. The molecule has 0 saturated carbocycles. The van der Waals surface area contributed by atoms with Crippen LogP contribution in [-0.2, 0) is 17.8 Å². The van der Waals surface area contributed by atoms with Crippen molar-refractivity contribution in [1.29, 1.82) is 0 Å². The zero-order chi connectivity index (χ0) is 13.9. The van der Waals surface area contributed by atoms with Gasteiger partial charge >= 0.3 is 0 Å². The van der Waals surface area contributed by atoms with Gasteiger partial charge in [0.15, 0.2) is 0 Å². The average molecular weight is 275 g/mol. The maximum atomic E-state index is 5.88. The summed E-state index contributed by atoms with van der Waals surface area (Å²) >= 11 is 0. The standard InChI is InChI=1S/C14H21N5O/c1-3-19-6-5-15-14(19)13-12(4-7-20-13)16-8-11-9-17-18-10(11)2/h5-6,9,12-13,16H,3-4,7-8H2,1-2H3,(H,17,18)/t12-,13-/m0/s1. The molecule has 0 amide bonds. The van der Waals surface area contributed by atoms with Crippen LogP contribution in [0.2, 0.25) is 0 Å². The average Bonchev–Trinajstić information content (AvgIpc) is 3.16. The number of aromatic nitrogens is 4. The minimum Gasteiger partial charge on any atom is -0.369 e. The summed E-state index contributed by atoms with van der Waals surface area (Å²) in [7, 11) is 0. The number of aromatic amines is 1. The lowest BCUT2D eigenvalue weighted by molar-refractivity contribution is 0.0886. The van der Waals surface area contributed by atoms with Crippen LogP contribution in [0.1, 0.15) is 36.5 Å². The van der Waals surface area contributed by atoms with Gasteiger partial charge in [-0.25, -0.2) is 4.98 Å². The Labute approximate surface area is 118 Å². The number of hydrogen-bond donors (Lipinski definition) is 2. The van der Waals surface area contributed by atoms with E-state index in [1.807, 2.05) is 25.5 Å². The molecule has 0 aliphatic carbocycles. The van der Waals surface area contributed by atoms with Gasteiger partial charge in [-0.3, -0.25) is 5.10 Å². The summed E-state index contributed by atoms with van der Waals surface area (Å²) < 4.78 is 8.03. The van der Waals surface area contributed by atoms with E-state index in [2.05, 4.69) is 32.0 Å². The van der Waals surface area contributed by atoms with Gasteiger partial charge in [-0.05, 0) is 20.3 Å². The maximum Gasteiger partial charge on any atom is 0.139 e. The molecule has 1 fully saturated rings. The van der Waals surface area contributed by atoms with Crippen molar-refractivity contribution in [2.75, 3.05) is 6.61 Å². The van der Waals surface area contributed by atoms with E-state index in [-0.39, 0.29) is 6.10 Å². The molecule has 0 bridgehead atoms. The van der Waals surface area contributed by atoms with Crippen LogP contribution in [0, 0.1) is 6.92 Å². The molecule has 6 nitrogen and oxygen atoms in total. The number of hydrogen-bond acceptors (Lipinski definition) is 4. The molecule has 6 heteroatoms. The summed E-state index contributed by atoms with van der Waals surface area (Å²) in [5.41, 5.74) is 2.32. The fourth-order valence-electron chi connectivity index (χ4n) is 2.69. The van der Waals surface area contributed by atoms with Gasteiger partial charge in [0.2, 0.25) is 0 Å². The first-order valence-corrected chi connectivity index (χ1v) is 7.14. The number of nitrogens with one attached hydrogen (secondary N) is 2. The van der Waals surface area contributed by atoms with Crippen molar-refractivity contribution >= 4 is 0 Å². The molecule has 2 aromatic heterocycles. The molecule has 108 valence electrons. The lowest BCUT2D eigenvalue weighted by atomic mass is 10.1. The molecule has 1 aliphatic rings. The predicted octanol–water partition coefficient (Wildman–Crippen LogP) is 1.55. The molecule has 2 N–H and O–H groups in total. The Morgan fingerprint density at radius 3 is 3.20 bits per heavy atom. The number of imidazole rings is 1. The van der Waals surface area contributed by atoms with Gasteiger partial charge in [-0.2, -0.15) is 5.10 Å². The van der Waals surface area contributed by atoms with E-state index in [0.29, 0.717) is 6.04 Å². The lowest BCUT2D eigenvalue weighted by Gasteiger charge is -2.20. The molecule has 0 unspecified atom stereocenters. The number of aryl methyl sites for hydroxylation is 2. The van der Waals surface area contributed by atoms with Crippen LogP contribution in [0.25, 0.3) is 0 Å². The number of ether oxygens (including phenoxy) is 1. The second-order valence-electron chi connectivity index (χ2n) is 5.16. The van der Waals surface area contributed by atoms with Gasteiger partial charge < -0.3 is 14.6 Å². The number of rotatable bonds is 5. The van der Waals surface area contributed by atoms with Gasteiger partial charge in [0.05, 0.1) is 6.20 Å². The quantitative estimate of drug-likeness (QED) is 0.869. The second kappa shape index (κ2) is 5.76. The summed E-state index contributed by atoms with van der Waals surface area (Å²) in [6.07, 6.45) is 6.78. The highest BCUT2D eigenvalue weighted by molar-refractivity contribution is 5.14. The Bertz CT molecular complexity index is 561. The van der Waals surface area contributed by atoms with E-state index in [1.54, 1.807) is 0 Å². The van der Waals surface area contributed by atoms with Crippen molar-refractivity contribution in [3.63, 3.8) is 0 Å². The van der Waals surface area contributed by atoms with E-state index in [4.69, 9.17) is 4.74 Å². The monoisotopic (exact) mass is 275 g/mol. The van der Waals surface area contributed by atoms with E-state index >= 15 is 0 Å². The molecule has 0 spiro atoms. The van der Waals surface area contributed by atoms with Crippen LogP contribution in [-0.4, -0.2) is 32.4 Å². The zero-order valence-electron chi connectivity index (χ0n) is 12.0. The molecule has 1 aliphatic heterocycles. The first-order chi connectivity index (χ1) is 9.79. The van der Waals surface area contributed by atoms with Crippen molar-refractivity contribution in [3.05, 3.63) is 35.7 Å². The van der Waals surface area contributed by atoms with Crippen LogP contribution < -0.4 is 5.32 Å². The number of nitrogens with zero attached hydrogens (tertiary/aromatic N) is 3. The highest BCUT2D eigenvalue weighted by Crippen LogP contribution is 2.28. The second-order valence-corrected chi connectivity index (χ2v) is 5.16. The fourth-order valence-corrected chi connectivity index (χ4v) is 2.69. The third-order valence-electron chi connectivity index (χ3n) is 3.92. The summed E-state index contributed by atoms with van der Waals surface area (Å²) in [4.78, 5) is 4.46. The fraction of sp³-hybridized carbons (Fsp3) is 0.571. The molecule has 0 radical (unpaired) electrons. The van der Waals surface area contributed by atoms with Crippen molar-refractivity contribution in [2.24, 2.45) is 0 Å². The van der Waals surface area contributed by atoms with E-state index in [1.165, 1.54) is 5.56 Å². The summed E-state index contributed by atoms with van der Waals surface area (Å²) in [6.45, 7) is 6.67. The minimum absolute atomic E-state index is 0.0390. The Balaban J connectivity index is 1.68. The minimum atomic E-state index is 0.0390. The molecule has 2 atom stereocenters. The summed E-state index contributed by atoms with van der Waals surface area (Å²) in [5, 5.41) is 10.6. The highest BCUT2D eigenvalue weighted by atomic mass is 16.5. The van der Waals surface area contributed by atoms with Gasteiger partial charge in [0, 0.05) is 49.4 Å². The zero-order valence-corrected chi connectivity index (χ0v) is 12.0. The summed E-state index contributed by atoms with van der Waals surface area (Å²) in [6, 6.07) is 0.303. The van der Waals surface area contributed by atoms with Crippen molar-refractivity contribution in [1.82, 2.24) is 25.1 Å². The van der Waals surface area contributed by atoms with Crippen LogP contribution >= 0.6 is 0 Å². The number of H-pyrrole nitrogens is 1. The SMILES string of the molecule is CCn1ccnc1[C@H]1OCC[C@@H]1NCc1cn[nH]c1C. The van der Waals surface area contributed by atoms with E-state index < -0.39 is 0 Å². The van der Waals surface area contributed by atoms with Crippen LogP contribution in [0.15, 0.2) is 18.6 Å². The maximum absolute atomic E-state index is 5.88. The normalized spacial score (nSPS) is 22.5. The topological polar surface area (TPSA) is 67.8 Å². The molecule has 1 saturated heterocycles. The van der Waals surface area contributed by atoms with Crippen molar-refractivity contribution < 1.29 is 4.74 Å². The van der Waals surface area contributed by atoms with Gasteiger partial charge in [-0.1, -0.05) is 0 Å². The Hall–Kier alpha value is -1.66. The molecule has 3 rings (SSSR count). The molecule has 2 aromatic rings. The predicted molar refractivity (Wildman–Crippen MR) is 75.2 cm³/mol. The van der Waals surface area contributed by atoms with Gasteiger partial charge in [0.25, 0.3) is 0 Å².